The molecule has 5 heteroatoms. The van der Waals surface area contributed by atoms with Gasteiger partial charge in [0.25, 0.3) is 0 Å². The Labute approximate surface area is 168 Å². The number of rotatable bonds is 7. The molecule has 1 aromatic carbocycles. The number of amides is 2. The number of hydrogen-bond donors (Lipinski definition) is 1. The van der Waals surface area contributed by atoms with Crippen molar-refractivity contribution in [1.29, 1.82) is 0 Å². The molecule has 28 heavy (non-hydrogen) atoms. The van der Waals surface area contributed by atoms with Crippen molar-refractivity contribution in [3.05, 3.63) is 35.9 Å². The molecule has 0 aliphatic heterocycles. The van der Waals surface area contributed by atoms with Crippen LogP contribution in [-0.4, -0.2) is 41.6 Å². The molecular formula is C23H32N2O3. The van der Waals surface area contributed by atoms with Gasteiger partial charge in [-0.25, -0.2) is 4.79 Å². The van der Waals surface area contributed by atoms with Gasteiger partial charge in [0, 0.05) is 31.5 Å². The van der Waals surface area contributed by atoms with E-state index in [0.717, 1.165) is 5.56 Å². The maximum atomic E-state index is 13.5. The Morgan fingerprint density at radius 1 is 1.29 bits per heavy atom. The van der Waals surface area contributed by atoms with Crippen LogP contribution in [0.4, 0.5) is 4.79 Å². The van der Waals surface area contributed by atoms with Crippen molar-refractivity contribution in [2.24, 2.45) is 5.92 Å². The number of carbonyl (C=O) groups is 2. The number of likely N-dealkylation sites (N-methyl/N-ethyl adjacent to an activating group) is 1. The smallest absolute Gasteiger partial charge is 0.407 e. The lowest BCUT2D eigenvalue weighted by molar-refractivity contribution is -0.134. The molecule has 1 fully saturated rings. The van der Waals surface area contributed by atoms with Crippen molar-refractivity contribution in [2.75, 3.05) is 13.1 Å². The van der Waals surface area contributed by atoms with Crippen LogP contribution in [0.15, 0.2) is 30.3 Å². The number of hydrogen-bond acceptors (Lipinski definition) is 3. The Hall–Kier alpha value is -2.48. The van der Waals surface area contributed by atoms with Crippen LogP contribution in [0.1, 0.15) is 53.0 Å². The predicted octanol–water partition coefficient (Wildman–Crippen LogP) is 3.73. The SMILES string of the molecule is C#CC[C@H](NC(=O)OC(C)(C)C)[C@@H]1C[C@@]1(C(=O)N(CC)CC)c1ccccc1. The second kappa shape index (κ2) is 8.68. The third kappa shape index (κ3) is 4.67. The van der Waals surface area contributed by atoms with Gasteiger partial charge >= 0.3 is 6.09 Å². The maximum absolute atomic E-state index is 13.5. The van der Waals surface area contributed by atoms with Crippen molar-refractivity contribution >= 4 is 12.0 Å². The van der Waals surface area contributed by atoms with Crippen LogP contribution in [0.2, 0.25) is 0 Å². The highest BCUT2D eigenvalue weighted by molar-refractivity contribution is 5.92. The van der Waals surface area contributed by atoms with Gasteiger partial charge in [-0.15, -0.1) is 12.3 Å². The molecule has 1 aliphatic carbocycles. The Balaban J connectivity index is 2.32. The zero-order valence-electron chi connectivity index (χ0n) is 17.6. The summed E-state index contributed by atoms with van der Waals surface area (Å²) in [6.45, 7) is 10.7. The number of nitrogens with zero attached hydrogens (tertiary/aromatic N) is 1. The van der Waals surface area contributed by atoms with Gasteiger partial charge in [0.05, 0.1) is 5.41 Å². The van der Waals surface area contributed by atoms with Crippen molar-refractivity contribution in [1.82, 2.24) is 10.2 Å². The molecule has 0 saturated heterocycles. The molecule has 3 atom stereocenters. The lowest BCUT2D eigenvalue weighted by atomic mass is 9.88. The Bertz CT molecular complexity index is 728. The Morgan fingerprint density at radius 2 is 1.89 bits per heavy atom. The van der Waals surface area contributed by atoms with Gasteiger partial charge in [-0.1, -0.05) is 30.3 Å². The minimum Gasteiger partial charge on any atom is -0.444 e. The standard InChI is InChI=1S/C23H32N2O3/c1-7-13-19(24-21(27)28-22(4,5)6)18-16-23(18,17-14-11-10-12-15-17)20(26)25(8-2)9-3/h1,10-12,14-15,18-19H,8-9,13,16H2,2-6H3,(H,24,27)/t18-,19-,23+/m0/s1. The van der Waals surface area contributed by atoms with Gasteiger partial charge in [-0.05, 0) is 46.6 Å². The molecule has 1 saturated carbocycles. The average molecular weight is 385 g/mol. The summed E-state index contributed by atoms with van der Waals surface area (Å²) in [6.07, 6.45) is 6.09. The van der Waals surface area contributed by atoms with E-state index in [-0.39, 0.29) is 17.9 Å². The van der Waals surface area contributed by atoms with Gasteiger partial charge in [-0.2, -0.15) is 0 Å². The van der Waals surface area contributed by atoms with E-state index in [1.807, 2.05) is 69.9 Å². The van der Waals surface area contributed by atoms with E-state index < -0.39 is 17.1 Å². The fourth-order valence-corrected chi connectivity index (χ4v) is 3.88. The maximum Gasteiger partial charge on any atom is 0.407 e. The molecule has 0 spiro atoms. The van der Waals surface area contributed by atoms with Gasteiger partial charge < -0.3 is 15.0 Å². The summed E-state index contributed by atoms with van der Waals surface area (Å²) in [5.41, 5.74) is -0.268. The van der Waals surface area contributed by atoms with Crippen LogP contribution in [0.5, 0.6) is 0 Å². The summed E-state index contributed by atoms with van der Waals surface area (Å²) in [5.74, 6) is 2.68. The van der Waals surface area contributed by atoms with E-state index in [0.29, 0.717) is 25.9 Å². The number of benzene rings is 1. The minimum absolute atomic E-state index is 0.0634. The number of terminal acetylenes is 1. The van der Waals surface area contributed by atoms with Crippen LogP contribution >= 0.6 is 0 Å². The van der Waals surface area contributed by atoms with Gasteiger partial charge in [0.2, 0.25) is 5.91 Å². The average Bonchev–Trinajstić information content (AvgIpc) is 3.38. The van der Waals surface area contributed by atoms with Crippen molar-refractivity contribution in [3.63, 3.8) is 0 Å². The lowest BCUT2D eigenvalue weighted by Gasteiger charge is -2.29. The summed E-state index contributed by atoms with van der Waals surface area (Å²) in [7, 11) is 0. The summed E-state index contributed by atoms with van der Waals surface area (Å²) in [4.78, 5) is 27.7. The molecule has 1 aliphatic rings. The first-order valence-electron chi connectivity index (χ1n) is 9.97. The first-order valence-corrected chi connectivity index (χ1v) is 9.97. The molecule has 1 N–H and O–H groups in total. The minimum atomic E-state index is -0.649. The molecule has 152 valence electrons. The Morgan fingerprint density at radius 3 is 2.39 bits per heavy atom. The van der Waals surface area contributed by atoms with E-state index >= 15 is 0 Å². The molecule has 1 aromatic rings. The molecule has 0 aromatic heterocycles. The molecule has 5 nitrogen and oxygen atoms in total. The van der Waals surface area contributed by atoms with Gasteiger partial charge in [0.1, 0.15) is 5.60 Å². The van der Waals surface area contributed by atoms with Crippen molar-refractivity contribution < 1.29 is 14.3 Å². The monoisotopic (exact) mass is 384 g/mol. The third-order valence-electron chi connectivity index (χ3n) is 5.26. The number of alkyl carbamates (subject to hydrolysis) is 1. The topological polar surface area (TPSA) is 58.6 Å². The Kier molecular flexibility index (Phi) is 6.77. The number of carbonyl (C=O) groups excluding carboxylic acids is 2. The van der Waals surface area contributed by atoms with Crippen LogP contribution in [0.3, 0.4) is 0 Å². The van der Waals surface area contributed by atoms with E-state index in [1.54, 1.807) is 0 Å². The summed E-state index contributed by atoms with van der Waals surface area (Å²) < 4.78 is 5.40. The number of nitrogens with one attached hydrogen (secondary N) is 1. The summed E-state index contributed by atoms with van der Waals surface area (Å²) >= 11 is 0. The van der Waals surface area contributed by atoms with E-state index in [9.17, 15) is 9.59 Å². The molecule has 0 radical (unpaired) electrons. The summed E-state index contributed by atoms with van der Waals surface area (Å²) in [6, 6.07) is 9.48. The van der Waals surface area contributed by atoms with Crippen molar-refractivity contribution in [2.45, 2.75) is 64.5 Å². The zero-order valence-corrected chi connectivity index (χ0v) is 17.6. The molecule has 0 unspecified atom stereocenters. The molecule has 2 amide bonds. The second-order valence-corrected chi connectivity index (χ2v) is 8.29. The largest absolute Gasteiger partial charge is 0.444 e. The quantitative estimate of drug-likeness (QED) is 0.729. The highest BCUT2D eigenvalue weighted by Gasteiger charge is 2.64. The molecule has 0 bridgehead atoms. The summed E-state index contributed by atoms with van der Waals surface area (Å²) in [5, 5.41) is 2.92. The predicted molar refractivity (Wildman–Crippen MR) is 111 cm³/mol. The highest BCUT2D eigenvalue weighted by atomic mass is 16.6. The van der Waals surface area contributed by atoms with Crippen LogP contribution < -0.4 is 5.32 Å². The zero-order chi connectivity index (χ0) is 20.9. The molecular weight excluding hydrogens is 352 g/mol. The highest BCUT2D eigenvalue weighted by Crippen LogP contribution is 2.57. The first kappa shape index (κ1) is 21.8. The lowest BCUT2D eigenvalue weighted by Crippen LogP contribution is -2.45. The first-order chi connectivity index (χ1) is 13.2. The molecule has 2 rings (SSSR count). The third-order valence-corrected chi connectivity index (χ3v) is 5.26. The number of ether oxygens (including phenoxy) is 1. The fraction of sp³-hybridized carbons (Fsp3) is 0.565. The van der Waals surface area contributed by atoms with Crippen LogP contribution in [0.25, 0.3) is 0 Å². The van der Waals surface area contributed by atoms with E-state index in [4.69, 9.17) is 11.2 Å². The normalized spacial score (nSPS) is 21.9. The van der Waals surface area contributed by atoms with Gasteiger partial charge in [-0.3, -0.25) is 4.79 Å². The van der Waals surface area contributed by atoms with Gasteiger partial charge in [0.15, 0.2) is 0 Å². The fourth-order valence-electron chi connectivity index (χ4n) is 3.88. The van der Waals surface area contributed by atoms with Crippen LogP contribution in [-0.2, 0) is 14.9 Å². The van der Waals surface area contributed by atoms with E-state index in [2.05, 4.69) is 11.2 Å². The van der Waals surface area contributed by atoms with Crippen LogP contribution in [0, 0.1) is 18.3 Å². The molecule has 0 heterocycles. The van der Waals surface area contributed by atoms with E-state index in [1.165, 1.54) is 0 Å². The second-order valence-electron chi connectivity index (χ2n) is 8.29. The van der Waals surface area contributed by atoms with Crippen molar-refractivity contribution in [3.8, 4) is 12.3 Å².